The van der Waals surface area contributed by atoms with Gasteiger partial charge in [-0.3, -0.25) is 0 Å². The van der Waals surface area contributed by atoms with E-state index in [9.17, 15) is 4.79 Å². The molecule has 1 heterocycles. The van der Waals surface area contributed by atoms with Crippen molar-refractivity contribution in [2.75, 3.05) is 50.7 Å². The van der Waals surface area contributed by atoms with Crippen molar-refractivity contribution in [3.8, 4) is 0 Å². The molecule has 0 spiro atoms. The molecule has 1 aromatic rings. The summed E-state index contributed by atoms with van der Waals surface area (Å²) in [6.07, 6.45) is 2.19. The third-order valence-electron chi connectivity index (χ3n) is 4.36. The molecule has 1 fully saturated rings. The van der Waals surface area contributed by atoms with Gasteiger partial charge < -0.3 is 26.0 Å². The van der Waals surface area contributed by atoms with Crippen molar-refractivity contribution in [2.24, 2.45) is 0 Å². The van der Waals surface area contributed by atoms with Gasteiger partial charge in [-0.1, -0.05) is 0 Å². The Morgan fingerprint density at radius 1 is 0.893 bits per heavy atom. The van der Waals surface area contributed by atoms with Crippen molar-refractivity contribution in [3.63, 3.8) is 0 Å². The van der Waals surface area contributed by atoms with E-state index in [1.165, 1.54) is 0 Å². The maximum atomic E-state index is 11.0. The molecule has 0 radical (unpaired) electrons. The summed E-state index contributed by atoms with van der Waals surface area (Å²) < 4.78 is 0. The molecule has 1 saturated heterocycles. The Balaban J connectivity index is -0.00000156. The molecule has 1 aliphatic rings. The molecule has 4 N–H and O–H groups in total. The van der Waals surface area contributed by atoms with Gasteiger partial charge in [-0.25, -0.2) is 4.79 Å². The fraction of sp³-hybridized carbons (Fsp3) is 0.611. The Kier molecular flexibility index (Phi) is 21.3. The number of anilines is 1. The third-order valence-corrected chi connectivity index (χ3v) is 4.36. The van der Waals surface area contributed by atoms with Crippen LogP contribution >= 0.6 is 49.6 Å². The Morgan fingerprint density at radius 2 is 1.43 bits per heavy atom. The van der Waals surface area contributed by atoms with Crippen molar-refractivity contribution < 1.29 is 9.90 Å². The lowest BCUT2D eigenvalue weighted by Gasteiger charge is -2.32. The first-order chi connectivity index (χ1) is 11.7. The van der Waals surface area contributed by atoms with Crippen molar-refractivity contribution in [1.82, 2.24) is 16.0 Å². The number of carboxylic acids is 1. The van der Waals surface area contributed by atoms with E-state index in [0.717, 1.165) is 64.3 Å². The van der Waals surface area contributed by atoms with E-state index < -0.39 is 5.97 Å². The monoisotopic (exact) mass is 478 g/mol. The maximum Gasteiger partial charge on any atom is 0.335 e. The SMILES string of the molecule is CC1CNCCCNCCNCCCN1c1ccc(C(=O)O)cc1.Cl.Cl.Cl.Cl. The fourth-order valence-corrected chi connectivity index (χ4v) is 2.96. The zero-order chi connectivity index (χ0) is 17.2. The zero-order valence-electron chi connectivity index (χ0n) is 16.2. The second-order valence-corrected chi connectivity index (χ2v) is 6.31. The molecule has 1 unspecified atom stereocenters. The number of hydrogen-bond donors (Lipinski definition) is 4. The summed E-state index contributed by atoms with van der Waals surface area (Å²) in [5.41, 5.74) is 1.42. The Bertz CT molecular complexity index is 509. The summed E-state index contributed by atoms with van der Waals surface area (Å²) in [4.78, 5) is 13.4. The van der Waals surface area contributed by atoms with Crippen LogP contribution in [-0.4, -0.2) is 62.9 Å². The standard InChI is InChI=1S/C18H30N4O2.4ClH/c1-15-14-21-9-2-8-19-11-12-20-10-3-13-22(15)17-6-4-16(5-7-17)18(23)24;;;;/h4-7,15,19-21H,2-3,8-14H2,1H3,(H,23,24);4*1H. The van der Waals surface area contributed by atoms with Crippen LogP contribution in [-0.2, 0) is 0 Å². The smallest absolute Gasteiger partial charge is 0.335 e. The van der Waals surface area contributed by atoms with Gasteiger partial charge in [-0.2, -0.15) is 0 Å². The first-order valence-electron chi connectivity index (χ1n) is 8.90. The molecule has 166 valence electrons. The summed E-state index contributed by atoms with van der Waals surface area (Å²) in [7, 11) is 0. The molecule has 0 amide bonds. The van der Waals surface area contributed by atoms with E-state index in [-0.39, 0.29) is 49.6 Å². The summed E-state index contributed by atoms with van der Waals surface area (Å²) in [6.45, 7) is 9.15. The highest BCUT2D eigenvalue weighted by Gasteiger charge is 2.15. The highest BCUT2D eigenvalue weighted by atomic mass is 35.5. The first-order valence-corrected chi connectivity index (χ1v) is 8.90. The van der Waals surface area contributed by atoms with E-state index in [4.69, 9.17) is 5.11 Å². The lowest BCUT2D eigenvalue weighted by Crippen LogP contribution is -2.43. The van der Waals surface area contributed by atoms with Crippen LogP contribution in [0, 0.1) is 0 Å². The molecule has 2 rings (SSSR count). The van der Waals surface area contributed by atoms with Crippen molar-refractivity contribution in [2.45, 2.75) is 25.8 Å². The van der Waals surface area contributed by atoms with E-state index in [1.807, 2.05) is 12.1 Å². The Labute approximate surface area is 193 Å². The number of aromatic carboxylic acids is 1. The highest BCUT2D eigenvalue weighted by Crippen LogP contribution is 2.18. The number of nitrogens with zero attached hydrogens (tertiary/aromatic N) is 1. The molecule has 6 nitrogen and oxygen atoms in total. The van der Waals surface area contributed by atoms with E-state index >= 15 is 0 Å². The van der Waals surface area contributed by atoms with Crippen LogP contribution in [0.4, 0.5) is 5.69 Å². The number of halogens is 4. The van der Waals surface area contributed by atoms with Crippen molar-refractivity contribution in [3.05, 3.63) is 29.8 Å². The molecule has 0 aliphatic carbocycles. The quantitative estimate of drug-likeness (QED) is 0.522. The largest absolute Gasteiger partial charge is 0.478 e. The fourth-order valence-electron chi connectivity index (χ4n) is 2.96. The second kappa shape index (κ2) is 18.6. The molecule has 0 aromatic heterocycles. The Hall–Kier alpha value is -0.470. The highest BCUT2D eigenvalue weighted by molar-refractivity contribution is 5.88. The van der Waals surface area contributed by atoms with E-state index in [1.54, 1.807) is 12.1 Å². The Morgan fingerprint density at radius 3 is 2.00 bits per heavy atom. The predicted octanol–water partition coefficient (Wildman–Crippen LogP) is 2.83. The van der Waals surface area contributed by atoms with E-state index in [0.29, 0.717) is 11.6 Å². The molecular formula is C18H34Cl4N4O2. The molecule has 1 atom stereocenters. The molecule has 0 bridgehead atoms. The summed E-state index contributed by atoms with van der Waals surface area (Å²) in [5.74, 6) is -0.880. The summed E-state index contributed by atoms with van der Waals surface area (Å²) >= 11 is 0. The average Bonchev–Trinajstić information content (AvgIpc) is 2.58. The minimum absolute atomic E-state index is 0. The number of nitrogens with one attached hydrogen (secondary N) is 3. The molecule has 28 heavy (non-hydrogen) atoms. The number of hydrogen-bond acceptors (Lipinski definition) is 5. The molecule has 0 saturated carbocycles. The molecule has 10 heteroatoms. The van der Waals surface area contributed by atoms with Crippen molar-refractivity contribution >= 4 is 61.3 Å². The van der Waals surface area contributed by atoms with Crippen LogP contribution in [0.15, 0.2) is 24.3 Å². The third kappa shape index (κ3) is 11.5. The molecule has 1 aromatic carbocycles. The van der Waals surface area contributed by atoms with E-state index in [2.05, 4.69) is 27.8 Å². The van der Waals surface area contributed by atoms with Crippen LogP contribution in [0.5, 0.6) is 0 Å². The molecular weight excluding hydrogens is 446 g/mol. The van der Waals surface area contributed by atoms with Crippen LogP contribution in [0.25, 0.3) is 0 Å². The van der Waals surface area contributed by atoms with Gasteiger partial charge in [0.2, 0.25) is 0 Å². The first kappa shape index (κ1) is 32.2. The van der Waals surface area contributed by atoms with Crippen LogP contribution in [0.1, 0.15) is 30.1 Å². The predicted molar refractivity (Wildman–Crippen MR) is 127 cm³/mol. The zero-order valence-corrected chi connectivity index (χ0v) is 19.5. The van der Waals surface area contributed by atoms with Gasteiger partial charge in [0.15, 0.2) is 0 Å². The second-order valence-electron chi connectivity index (χ2n) is 6.31. The van der Waals surface area contributed by atoms with Crippen LogP contribution in [0.2, 0.25) is 0 Å². The van der Waals surface area contributed by atoms with Crippen molar-refractivity contribution in [1.29, 1.82) is 0 Å². The number of carboxylic acid groups (broad SMARTS) is 1. The van der Waals surface area contributed by atoms with Gasteiger partial charge in [-0.15, -0.1) is 49.6 Å². The molecule has 1 aliphatic heterocycles. The number of benzene rings is 1. The van der Waals surface area contributed by atoms with Gasteiger partial charge >= 0.3 is 5.97 Å². The summed E-state index contributed by atoms with van der Waals surface area (Å²) in [5, 5.41) is 19.5. The minimum atomic E-state index is -0.880. The summed E-state index contributed by atoms with van der Waals surface area (Å²) in [6, 6.07) is 7.57. The lowest BCUT2D eigenvalue weighted by molar-refractivity contribution is 0.0697. The van der Waals surface area contributed by atoms with Crippen LogP contribution in [0.3, 0.4) is 0 Å². The van der Waals surface area contributed by atoms with Crippen LogP contribution < -0.4 is 20.9 Å². The van der Waals surface area contributed by atoms with Gasteiger partial charge in [0.05, 0.1) is 5.56 Å². The minimum Gasteiger partial charge on any atom is -0.478 e. The topological polar surface area (TPSA) is 76.6 Å². The number of carbonyl (C=O) groups is 1. The van der Waals surface area contributed by atoms with Gasteiger partial charge in [-0.05, 0) is 63.7 Å². The maximum absolute atomic E-state index is 11.0. The lowest BCUT2D eigenvalue weighted by atomic mass is 10.1. The number of rotatable bonds is 2. The average molecular weight is 480 g/mol. The van der Waals surface area contributed by atoms with Gasteiger partial charge in [0, 0.05) is 37.9 Å². The van der Waals surface area contributed by atoms with Gasteiger partial charge in [0.25, 0.3) is 0 Å². The van der Waals surface area contributed by atoms with Gasteiger partial charge in [0.1, 0.15) is 0 Å². The normalized spacial score (nSPS) is 18.8.